The zero-order chi connectivity index (χ0) is 15.5. The minimum Gasteiger partial charge on any atom is -0.444 e. The molecule has 1 heterocycles. The maximum absolute atomic E-state index is 12.0. The first-order valence-corrected chi connectivity index (χ1v) is 7.00. The molecule has 0 unspecified atom stereocenters. The Morgan fingerprint density at radius 2 is 1.90 bits per heavy atom. The largest absolute Gasteiger partial charge is 0.444 e. The summed E-state index contributed by atoms with van der Waals surface area (Å²) in [5.74, 6) is 0. The second-order valence-corrected chi connectivity index (χ2v) is 6.04. The number of carbonyl (C=O) groups excluding carboxylic acids is 1. The van der Waals surface area contributed by atoms with Crippen LogP contribution in [0.5, 0.6) is 0 Å². The molecule has 0 bridgehead atoms. The molecule has 112 valence electrons. The first-order chi connectivity index (χ1) is 9.89. The lowest BCUT2D eigenvalue weighted by Crippen LogP contribution is -2.39. The highest BCUT2D eigenvalue weighted by Crippen LogP contribution is 2.25. The fourth-order valence-corrected chi connectivity index (χ4v) is 2.16. The first-order valence-electron chi connectivity index (χ1n) is 7.00. The molecule has 0 saturated carbocycles. The highest BCUT2D eigenvalue weighted by molar-refractivity contribution is 5.73. The van der Waals surface area contributed by atoms with Crippen molar-refractivity contribution in [3.05, 3.63) is 40.8 Å². The van der Waals surface area contributed by atoms with Crippen molar-refractivity contribution in [1.29, 1.82) is 0 Å². The average molecular weight is 288 g/mol. The zero-order valence-electron chi connectivity index (χ0n) is 12.6. The fraction of sp³-hybridized carbons (Fsp3) is 0.438. The van der Waals surface area contributed by atoms with Crippen molar-refractivity contribution in [2.45, 2.75) is 32.8 Å². The van der Waals surface area contributed by atoms with Crippen molar-refractivity contribution >= 4 is 17.4 Å². The van der Waals surface area contributed by atoms with Gasteiger partial charge in [-0.25, -0.2) is 4.79 Å². The van der Waals surface area contributed by atoms with E-state index in [1.54, 1.807) is 17.0 Å². The molecule has 0 fully saturated rings. The molecule has 0 aliphatic carbocycles. The van der Waals surface area contributed by atoms with Crippen LogP contribution in [0.25, 0.3) is 5.57 Å². The number of nitrogens with zero attached hydrogens (tertiary/aromatic N) is 2. The van der Waals surface area contributed by atoms with Gasteiger partial charge in [0, 0.05) is 13.1 Å². The summed E-state index contributed by atoms with van der Waals surface area (Å²) in [4.78, 5) is 24.1. The van der Waals surface area contributed by atoms with Gasteiger partial charge >= 0.3 is 6.09 Å². The van der Waals surface area contributed by atoms with Gasteiger partial charge in [-0.3, -0.25) is 0 Å². The van der Waals surface area contributed by atoms with Crippen molar-refractivity contribution in [3.8, 4) is 0 Å². The predicted octanol–water partition coefficient (Wildman–Crippen LogP) is 4.11. The lowest BCUT2D eigenvalue weighted by Gasteiger charge is -2.29. The van der Waals surface area contributed by atoms with Crippen LogP contribution in [0.1, 0.15) is 32.8 Å². The Morgan fingerprint density at radius 3 is 2.38 bits per heavy atom. The van der Waals surface area contributed by atoms with Crippen molar-refractivity contribution < 1.29 is 9.53 Å². The summed E-state index contributed by atoms with van der Waals surface area (Å²) < 4.78 is 5.36. The standard InChI is InChI=1S/C16H20N2O3/c1-16(2,3)21-15(19)18-10-8-13(9-11-18)12-4-6-14(17-20)7-5-12/h4-8H,9-11H2,1-3H3. The fourth-order valence-electron chi connectivity index (χ4n) is 2.16. The van der Waals surface area contributed by atoms with Crippen molar-refractivity contribution in [3.63, 3.8) is 0 Å². The molecule has 0 radical (unpaired) electrons. The number of rotatable bonds is 2. The van der Waals surface area contributed by atoms with Crippen LogP contribution in [0.3, 0.4) is 0 Å². The average Bonchev–Trinajstić information content (AvgIpc) is 2.46. The number of amides is 1. The first kappa shape index (κ1) is 15.2. The van der Waals surface area contributed by atoms with Gasteiger partial charge in [-0.05, 0) is 55.6 Å². The molecular weight excluding hydrogens is 268 g/mol. The summed E-state index contributed by atoms with van der Waals surface area (Å²) in [6.45, 7) is 6.75. The van der Waals surface area contributed by atoms with E-state index in [-0.39, 0.29) is 6.09 Å². The third kappa shape index (κ3) is 4.15. The maximum Gasteiger partial charge on any atom is 0.410 e. The van der Waals surface area contributed by atoms with Gasteiger partial charge in [0.1, 0.15) is 11.3 Å². The van der Waals surface area contributed by atoms with Crippen molar-refractivity contribution in [2.24, 2.45) is 5.18 Å². The summed E-state index contributed by atoms with van der Waals surface area (Å²) in [6.07, 6.45) is 2.52. The van der Waals surface area contributed by atoms with Crippen LogP contribution in [0.15, 0.2) is 35.5 Å². The van der Waals surface area contributed by atoms with E-state index in [2.05, 4.69) is 5.18 Å². The quantitative estimate of drug-likeness (QED) is 0.769. The van der Waals surface area contributed by atoms with E-state index < -0.39 is 5.60 Å². The summed E-state index contributed by atoms with van der Waals surface area (Å²) in [5, 5.41) is 2.89. The van der Waals surface area contributed by atoms with Gasteiger partial charge in [-0.2, -0.15) is 0 Å². The molecule has 0 N–H and O–H groups in total. The molecule has 5 nitrogen and oxygen atoms in total. The van der Waals surface area contributed by atoms with E-state index in [1.807, 2.05) is 39.0 Å². The smallest absolute Gasteiger partial charge is 0.410 e. The van der Waals surface area contributed by atoms with Crippen LogP contribution in [-0.2, 0) is 4.74 Å². The molecule has 21 heavy (non-hydrogen) atoms. The van der Waals surface area contributed by atoms with Crippen LogP contribution in [0.2, 0.25) is 0 Å². The monoisotopic (exact) mass is 288 g/mol. The molecule has 1 aromatic rings. The Labute approximate surface area is 124 Å². The predicted molar refractivity (Wildman–Crippen MR) is 82.3 cm³/mol. The Bertz CT molecular complexity index is 556. The van der Waals surface area contributed by atoms with Gasteiger partial charge in [-0.1, -0.05) is 18.2 Å². The van der Waals surface area contributed by atoms with Gasteiger partial charge in [0.15, 0.2) is 0 Å². The van der Waals surface area contributed by atoms with Gasteiger partial charge in [0.05, 0.1) is 0 Å². The van der Waals surface area contributed by atoms with E-state index in [0.717, 1.165) is 12.0 Å². The van der Waals surface area contributed by atoms with Gasteiger partial charge in [0.2, 0.25) is 0 Å². The van der Waals surface area contributed by atoms with E-state index in [0.29, 0.717) is 18.8 Å². The molecule has 5 heteroatoms. The van der Waals surface area contributed by atoms with Gasteiger partial charge < -0.3 is 9.64 Å². The number of carbonyl (C=O) groups is 1. The second-order valence-electron chi connectivity index (χ2n) is 6.04. The lowest BCUT2D eigenvalue weighted by atomic mass is 9.99. The van der Waals surface area contributed by atoms with Crippen molar-refractivity contribution in [1.82, 2.24) is 4.90 Å². The molecule has 0 aromatic heterocycles. The molecule has 1 aliphatic heterocycles. The van der Waals surface area contributed by atoms with Crippen molar-refractivity contribution in [2.75, 3.05) is 13.1 Å². The van der Waals surface area contributed by atoms with E-state index in [1.165, 1.54) is 5.57 Å². The Hall–Kier alpha value is -2.17. The van der Waals surface area contributed by atoms with E-state index in [4.69, 9.17) is 4.74 Å². The molecule has 1 aromatic carbocycles. The summed E-state index contributed by atoms with van der Waals surface area (Å²) in [6, 6.07) is 7.16. The maximum atomic E-state index is 12.0. The topological polar surface area (TPSA) is 59.0 Å². The van der Waals surface area contributed by atoms with Gasteiger partial charge in [0.25, 0.3) is 0 Å². The number of benzene rings is 1. The number of hydrogen-bond donors (Lipinski definition) is 0. The molecular formula is C16H20N2O3. The molecule has 0 atom stereocenters. The number of ether oxygens (including phenoxy) is 1. The summed E-state index contributed by atoms with van der Waals surface area (Å²) in [5.41, 5.74) is 2.18. The van der Waals surface area contributed by atoms with Crippen LogP contribution in [0, 0.1) is 4.91 Å². The SMILES string of the molecule is CC(C)(C)OC(=O)N1CC=C(c2ccc(N=O)cc2)CC1. The molecule has 1 aliphatic rings. The Morgan fingerprint density at radius 1 is 1.24 bits per heavy atom. The van der Waals surface area contributed by atoms with E-state index >= 15 is 0 Å². The Balaban J connectivity index is 2.01. The third-order valence-electron chi connectivity index (χ3n) is 3.20. The minimum atomic E-state index is -0.473. The lowest BCUT2D eigenvalue weighted by molar-refractivity contribution is 0.0270. The Kier molecular flexibility index (Phi) is 4.40. The third-order valence-corrected chi connectivity index (χ3v) is 3.20. The normalized spacial score (nSPS) is 15.4. The van der Waals surface area contributed by atoms with Crippen LogP contribution in [-0.4, -0.2) is 29.7 Å². The highest BCUT2D eigenvalue weighted by atomic mass is 16.6. The van der Waals surface area contributed by atoms with Crippen LogP contribution >= 0.6 is 0 Å². The summed E-state index contributed by atoms with van der Waals surface area (Å²) in [7, 11) is 0. The minimum absolute atomic E-state index is 0.279. The number of nitroso groups, excluding NO2 is 1. The second kappa shape index (κ2) is 6.08. The molecule has 2 rings (SSSR count). The molecule has 0 spiro atoms. The zero-order valence-corrected chi connectivity index (χ0v) is 12.6. The highest BCUT2D eigenvalue weighted by Gasteiger charge is 2.23. The summed E-state index contributed by atoms with van der Waals surface area (Å²) >= 11 is 0. The molecule has 1 amide bonds. The number of hydrogen-bond acceptors (Lipinski definition) is 4. The van der Waals surface area contributed by atoms with E-state index in [9.17, 15) is 9.70 Å². The van der Waals surface area contributed by atoms with Crippen LogP contribution in [0.4, 0.5) is 10.5 Å². The van der Waals surface area contributed by atoms with Crippen LogP contribution < -0.4 is 0 Å². The molecule has 0 saturated heterocycles. The van der Waals surface area contributed by atoms with Gasteiger partial charge in [-0.15, -0.1) is 4.91 Å².